The molecule has 120 valence electrons. The fraction of sp³-hybridized carbons (Fsp3) is 0.0556. The molecule has 5 nitrogen and oxygen atoms in total. The van der Waals surface area contributed by atoms with Crippen molar-refractivity contribution in [3.63, 3.8) is 0 Å². The van der Waals surface area contributed by atoms with Crippen LogP contribution in [0.2, 0.25) is 0 Å². The molecule has 1 heterocycles. The van der Waals surface area contributed by atoms with E-state index in [0.717, 1.165) is 0 Å². The Morgan fingerprint density at radius 2 is 1.79 bits per heavy atom. The van der Waals surface area contributed by atoms with Crippen LogP contribution < -0.4 is 4.74 Å². The SMILES string of the molecule is CC(=O)Oc1ccc(/C=C2\N=C(c3ccc(F)cc3)OC2=O)cc1. The maximum atomic E-state index is 12.9. The summed E-state index contributed by atoms with van der Waals surface area (Å²) in [5, 5.41) is 0. The second-order valence-electron chi connectivity index (χ2n) is 5.01. The van der Waals surface area contributed by atoms with Crippen LogP contribution in [0.5, 0.6) is 5.75 Å². The molecule has 0 N–H and O–H groups in total. The summed E-state index contributed by atoms with van der Waals surface area (Å²) in [5.74, 6) is -0.836. The molecule has 6 heteroatoms. The molecule has 0 saturated carbocycles. The van der Waals surface area contributed by atoms with Crippen LogP contribution in [0.15, 0.2) is 59.2 Å². The number of esters is 2. The zero-order valence-electron chi connectivity index (χ0n) is 12.7. The second-order valence-corrected chi connectivity index (χ2v) is 5.01. The van der Waals surface area contributed by atoms with Gasteiger partial charge in [0.2, 0.25) is 5.90 Å². The van der Waals surface area contributed by atoms with Crippen molar-refractivity contribution in [2.45, 2.75) is 6.92 Å². The average molecular weight is 325 g/mol. The fourth-order valence-electron chi connectivity index (χ4n) is 2.08. The fourth-order valence-corrected chi connectivity index (χ4v) is 2.08. The van der Waals surface area contributed by atoms with E-state index in [-0.39, 0.29) is 17.4 Å². The van der Waals surface area contributed by atoms with Gasteiger partial charge >= 0.3 is 11.9 Å². The van der Waals surface area contributed by atoms with Crippen molar-refractivity contribution in [3.8, 4) is 5.75 Å². The Hall–Kier alpha value is -3.28. The zero-order valence-corrected chi connectivity index (χ0v) is 12.7. The summed E-state index contributed by atoms with van der Waals surface area (Å²) in [7, 11) is 0. The molecule has 0 aromatic heterocycles. The van der Waals surface area contributed by atoms with Gasteiger partial charge in [0, 0.05) is 12.5 Å². The molecule has 1 aliphatic rings. The van der Waals surface area contributed by atoms with Crippen LogP contribution in [-0.4, -0.2) is 17.8 Å². The lowest BCUT2D eigenvalue weighted by Crippen LogP contribution is -2.05. The van der Waals surface area contributed by atoms with Gasteiger partial charge in [-0.05, 0) is 48.0 Å². The van der Waals surface area contributed by atoms with E-state index in [1.54, 1.807) is 30.3 Å². The van der Waals surface area contributed by atoms with E-state index in [9.17, 15) is 14.0 Å². The first kappa shape index (κ1) is 15.6. The highest BCUT2D eigenvalue weighted by Crippen LogP contribution is 2.20. The third-order valence-electron chi connectivity index (χ3n) is 3.16. The van der Waals surface area contributed by atoms with Crippen LogP contribution in [0.4, 0.5) is 4.39 Å². The molecule has 0 fully saturated rings. The topological polar surface area (TPSA) is 65.0 Å². The lowest BCUT2D eigenvalue weighted by Gasteiger charge is -2.00. The maximum absolute atomic E-state index is 12.9. The molecule has 0 amide bonds. The number of aliphatic imine (C=N–C) groups is 1. The van der Waals surface area contributed by atoms with E-state index < -0.39 is 11.9 Å². The van der Waals surface area contributed by atoms with Crippen LogP contribution >= 0.6 is 0 Å². The number of hydrogen-bond donors (Lipinski definition) is 0. The van der Waals surface area contributed by atoms with Crippen molar-refractivity contribution in [1.82, 2.24) is 0 Å². The summed E-state index contributed by atoms with van der Waals surface area (Å²) < 4.78 is 23.0. The van der Waals surface area contributed by atoms with Crippen LogP contribution in [0.3, 0.4) is 0 Å². The van der Waals surface area contributed by atoms with Gasteiger partial charge in [-0.1, -0.05) is 12.1 Å². The van der Waals surface area contributed by atoms with Crippen molar-refractivity contribution < 1.29 is 23.5 Å². The van der Waals surface area contributed by atoms with E-state index in [2.05, 4.69) is 4.99 Å². The van der Waals surface area contributed by atoms with E-state index in [0.29, 0.717) is 16.9 Å². The van der Waals surface area contributed by atoms with Crippen LogP contribution in [0.1, 0.15) is 18.1 Å². The van der Waals surface area contributed by atoms with E-state index in [4.69, 9.17) is 9.47 Å². The Kier molecular flexibility index (Phi) is 4.20. The van der Waals surface area contributed by atoms with Gasteiger partial charge in [0.25, 0.3) is 0 Å². The largest absolute Gasteiger partial charge is 0.427 e. The van der Waals surface area contributed by atoms with E-state index >= 15 is 0 Å². The molecule has 0 radical (unpaired) electrons. The predicted molar refractivity (Wildman–Crippen MR) is 84.8 cm³/mol. The summed E-state index contributed by atoms with van der Waals surface area (Å²) in [6.45, 7) is 1.32. The minimum atomic E-state index is -0.585. The summed E-state index contributed by atoms with van der Waals surface area (Å²) in [5.41, 5.74) is 1.34. The first-order valence-corrected chi connectivity index (χ1v) is 7.08. The Balaban J connectivity index is 1.83. The third kappa shape index (κ3) is 3.55. The number of halogens is 1. The van der Waals surface area contributed by atoms with Gasteiger partial charge in [-0.25, -0.2) is 14.2 Å². The van der Waals surface area contributed by atoms with E-state index in [1.165, 1.54) is 31.2 Å². The monoisotopic (exact) mass is 325 g/mol. The first-order chi connectivity index (χ1) is 11.5. The zero-order chi connectivity index (χ0) is 17.1. The number of hydrogen-bond acceptors (Lipinski definition) is 5. The van der Waals surface area contributed by atoms with E-state index in [1.807, 2.05) is 0 Å². The van der Waals surface area contributed by atoms with Gasteiger partial charge in [0.05, 0.1) is 0 Å². The van der Waals surface area contributed by atoms with Crippen LogP contribution in [0, 0.1) is 5.82 Å². The molecule has 2 aromatic carbocycles. The number of nitrogens with zero attached hydrogens (tertiary/aromatic N) is 1. The molecule has 0 saturated heterocycles. The first-order valence-electron chi connectivity index (χ1n) is 7.08. The van der Waals surface area contributed by atoms with Gasteiger partial charge in [-0.3, -0.25) is 4.79 Å². The lowest BCUT2D eigenvalue weighted by atomic mass is 10.2. The third-order valence-corrected chi connectivity index (χ3v) is 3.16. The van der Waals surface area contributed by atoms with Gasteiger partial charge in [0.1, 0.15) is 11.6 Å². The molecule has 2 aromatic rings. The van der Waals surface area contributed by atoms with Gasteiger partial charge in [-0.15, -0.1) is 0 Å². The van der Waals surface area contributed by atoms with Crippen LogP contribution in [0.25, 0.3) is 6.08 Å². The minimum Gasteiger partial charge on any atom is -0.427 e. The summed E-state index contributed by atoms with van der Waals surface area (Å²) in [6, 6.07) is 12.1. The highest BCUT2D eigenvalue weighted by molar-refractivity contribution is 6.12. The molecule has 0 unspecified atom stereocenters. The number of benzene rings is 2. The number of rotatable bonds is 3. The lowest BCUT2D eigenvalue weighted by molar-refractivity contribution is -0.132. The standard InChI is InChI=1S/C18H12FNO4/c1-11(21)23-15-8-2-12(3-9-15)10-16-18(22)24-17(20-16)13-4-6-14(19)7-5-13/h2-10H,1H3/b16-10-. The Morgan fingerprint density at radius 1 is 1.12 bits per heavy atom. The van der Waals surface area contributed by atoms with Crippen molar-refractivity contribution in [3.05, 3.63) is 71.2 Å². The molecular weight excluding hydrogens is 313 g/mol. The number of ether oxygens (including phenoxy) is 2. The maximum Gasteiger partial charge on any atom is 0.363 e. The molecule has 24 heavy (non-hydrogen) atoms. The highest BCUT2D eigenvalue weighted by atomic mass is 19.1. The summed E-state index contributed by atoms with van der Waals surface area (Å²) >= 11 is 0. The van der Waals surface area contributed by atoms with Crippen molar-refractivity contribution >= 4 is 23.9 Å². The van der Waals surface area contributed by atoms with Gasteiger partial charge < -0.3 is 9.47 Å². The van der Waals surface area contributed by atoms with Gasteiger partial charge in [-0.2, -0.15) is 0 Å². The summed E-state index contributed by atoms with van der Waals surface area (Å²) in [4.78, 5) is 26.9. The molecule has 3 rings (SSSR count). The number of cyclic esters (lactones) is 1. The quantitative estimate of drug-likeness (QED) is 0.494. The number of carbonyl (C=O) groups is 2. The Bertz CT molecular complexity index is 852. The molecule has 0 atom stereocenters. The highest BCUT2D eigenvalue weighted by Gasteiger charge is 2.24. The predicted octanol–water partition coefficient (Wildman–Crippen LogP) is 3.10. The number of carbonyl (C=O) groups excluding carboxylic acids is 2. The molecular formula is C18H12FNO4. The smallest absolute Gasteiger partial charge is 0.363 e. The molecule has 0 bridgehead atoms. The molecule has 0 aliphatic carbocycles. The Labute approximate surface area is 137 Å². The minimum absolute atomic E-state index is 0.128. The molecule has 1 aliphatic heterocycles. The Morgan fingerprint density at radius 3 is 2.42 bits per heavy atom. The average Bonchev–Trinajstić information content (AvgIpc) is 2.90. The normalized spacial score (nSPS) is 15.2. The van der Waals surface area contributed by atoms with Gasteiger partial charge in [0.15, 0.2) is 5.70 Å². The van der Waals surface area contributed by atoms with Crippen molar-refractivity contribution in [2.24, 2.45) is 4.99 Å². The molecule has 0 spiro atoms. The van der Waals surface area contributed by atoms with Crippen molar-refractivity contribution in [2.75, 3.05) is 0 Å². The summed E-state index contributed by atoms with van der Waals surface area (Å²) in [6.07, 6.45) is 1.55. The van der Waals surface area contributed by atoms with Crippen molar-refractivity contribution in [1.29, 1.82) is 0 Å². The van der Waals surface area contributed by atoms with Crippen LogP contribution in [-0.2, 0) is 14.3 Å². The second kappa shape index (κ2) is 6.45.